The van der Waals surface area contributed by atoms with E-state index in [0.717, 1.165) is 0 Å². The lowest BCUT2D eigenvalue weighted by Gasteiger charge is -2.18. The van der Waals surface area contributed by atoms with Gasteiger partial charge < -0.3 is 4.74 Å². The first-order chi connectivity index (χ1) is 7.50. The van der Waals surface area contributed by atoms with E-state index in [2.05, 4.69) is 4.74 Å². The van der Waals surface area contributed by atoms with Crippen LogP contribution in [0.25, 0.3) is 0 Å². The van der Waals surface area contributed by atoms with Crippen LogP contribution < -0.4 is 0 Å². The van der Waals surface area contributed by atoms with Crippen molar-refractivity contribution in [2.75, 3.05) is 6.61 Å². The second kappa shape index (κ2) is 5.37. The summed E-state index contributed by atoms with van der Waals surface area (Å²) in [6, 6.07) is 0. The topological polar surface area (TPSA) is 43.4 Å². The Kier molecular flexibility index (Phi) is 4.96. The quantitative estimate of drug-likeness (QED) is 0.579. The molecule has 9 heteroatoms. The van der Waals surface area contributed by atoms with Gasteiger partial charge in [-0.2, -0.15) is 26.3 Å². The lowest BCUT2D eigenvalue weighted by atomic mass is 10.0. The highest BCUT2D eigenvalue weighted by Crippen LogP contribution is 2.32. The second-order valence-electron chi connectivity index (χ2n) is 2.97. The van der Waals surface area contributed by atoms with E-state index in [4.69, 9.17) is 0 Å². The Morgan fingerprint density at radius 3 is 1.88 bits per heavy atom. The summed E-state index contributed by atoms with van der Waals surface area (Å²) in [5, 5.41) is 0. The van der Waals surface area contributed by atoms with Crippen molar-refractivity contribution in [3.63, 3.8) is 0 Å². The van der Waals surface area contributed by atoms with E-state index >= 15 is 0 Å². The van der Waals surface area contributed by atoms with Crippen LogP contribution >= 0.6 is 0 Å². The fraction of sp³-hybridized carbons (Fsp3) is 0.750. The molecule has 0 saturated carbocycles. The standard InChI is InChI=1S/C8H8F6O3/c1-2-17-6(16)4(7(9,10)11)3-5(15)8(12,13)14/h4H,2-3H2,1H3. The summed E-state index contributed by atoms with van der Waals surface area (Å²) in [6.07, 6.45) is -12.7. The maximum Gasteiger partial charge on any atom is 0.450 e. The molecular weight excluding hydrogens is 258 g/mol. The summed E-state index contributed by atoms with van der Waals surface area (Å²) < 4.78 is 76.0. The molecule has 0 amide bonds. The van der Waals surface area contributed by atoms with Crippen LogP contribution in [0.2, 0.25) is 0 Å². The van der Waals surface area contributed by atoms with Gasteiger partial charge in [0.2, 0.25) is 5.78 Å². The van der Waals surface area contributed by atoms with Crippen LogP contribution in [0.3, 0.4) is 0 Å². The van der Waals surface area contributed by atoms with Crippen LogP contribution in [0, 0.1) is 5.92 Å². The number of ether oxygens (including phenoxy) is 1. The molecule has 100 valence electrons. The van der Waals surface area contributed by atoms with Gasteiger partial charge in [0.15, 0.2) is 5.92 Å². The van der Waals surface area contributed by atoms with Crippen LogP contribution in [0.1, 0.15) is 13.3 Å². The molecule has 0 radical (unpaired) electrons. The molecule has 0 N–H and O–H groups in total. The zero-order valence-corrected chi connectivity index (χ0v) is 8.48. The minimum absolute atomic E-state index is 0.425. The van der Waals surface area contributed by atoms with Gasteiger partial charge in [0, 0.05) is 6.42 Å². The van der Waals surface area contributed by atoms with Crippen molar-refractivity contribution in [1.82, 2.24) is 0 Å². The van der Waals surface area contributed by atoms with Crippen LogP contribution in [0.4, 0.5) is 26.3 Å². The zero-order valence-electron chi connectivity index (χ0n) is 8.48. The molecule has 0 aliphatic carbocycles. The fourth-order valence-electron chi connectivity index (χ4n) is 0.877. The van der Waals surface area contributed by atoms with Gasteiger partial charge in [-0.1, -0.05) is 0 Å². The minimum Gasteiger partial charge on any atom is -0.466 e. The average Bonchev–Trinajstić information content (AvgIpc) is 2.10. The first-order valence-corrected chi connectivity index (χ1v) is 4.33. The number of ketones is 1. The second-order valence-corrected chi connectivity index (χ2v) is 2.97. The Balaban J connectivity index is 4.86. The van der Waals surface area contributed by atoms with E-state index < -0.39 is 43.1 Å². The number of Topliss-reactive ketones (excluding diaryl/α,β-unsaturated/α-hetero) is 1. The summed E-state index contributed by atoms with van der Waals surface area (Å²) in [4.78, 5) is 21.2. The number of carbonyl (C=O) groups is 2. The molecule has 0 aliphatic rings. The Labute approximate surface area is 91.7 Å². The lowest BCUT2D eigenvalue weighted by molar-refractivity contribution is -0.205. The zero-order chi connectivity index (χ0) is 13.9. The van der Waals surface area contributed by atoms with E-state index in [1.807, 2.05) is 0 Å². The Hall–Kier alpha value is -1.28. The largest absolute Gasteiger partial charge is 0.466 e. The monoisotopic (exact) mass is 266 g/mol. The highest BCUT2D eigenvalue weighted by molar-refractivity contribution is 5.88. The smallest absolute Gasteiger partial charge is 0.450 e. The first kappa shape index (κ1) is 15.7. The third kappa shape index (κ3) is 5.05. The van der Waals surface area contributed by atoms with Crippen molar-refractivity contribution >= 4 is 11.8 Å². The molecule has 0 bridgehead atoms. The Bertz CT molecular complexity index is 293. The molecule has 0 saturated heterocycles. The number of alkyl halides is 6. The molecule has 0 heterocycles. The van der Waals surface area contributed by atoms with Gasteiger partial charge >= 0.3 is 18.3 Å². The Morgan fingerprint density at radius 2 is 1.59 bits per heavy atom. The van der Waals surface area contributed by atoms with Crippen molar-refractivity contribution in [2.45, 2.75) is 25.7 Å². The summed E-state index contributed by atoms with van der Waals surface area (Å²) in [7, 11) is 0. The van der Waals surface area contributed by atoms with Crippen molar-refractivity contribution in [3.8, 4) is 0 Å². The molecule has 0 aromatic rings. The summed E-state index contributed by atoms with van der Waals surface area (Å²) in [5.41, 5.74) is 0. The van der Waals surface area contributed by atoms with Crippen LogP contribution in [-0.2, 0) is 14.3 Å². The third-order valence-corrected chi connectivity index (χ3v) is 1.67. The van der Waals surface area contributed by atoms with Gasteiger partial charge in [-0.15, -0.1) is 0 Å². The third-order valence-electron chi connectivity index (χ3n) is 1.67. The number of hydrogen-bond acceptors (Lipinski definition) is 3. The summed E-state index contributed by atoms with van der Waals surface area (Å²) in [5.74, 6) is -7.60. The van der Waals surface area contributed by atoms with E-state index in [9.17, 15) is 35.9 Å². The van der Waals surface area contributed by atoms with Gasteiger partial charge in [-0.3, -0.25) is 9.59 Å². The SMILES string of the molecule is CCOC(=O)C(CC(=O)C(F)(F)F)C(F)(F)F. The number of carbonyl (C=O) groups excluding carboxylic acids is 2. The lowest BCUT2D eigenvalue weighted by Crippen LogP contribution is -2.37. The minimum atomic E-state index is -5.41. The summed E-state index contributed by atoms with van der Waals surface area (Å²) in [6.45, 7) is 0.766. The van der Waals surface area contributed by atoms with Gasteiger partial charge in [0.25, 0.3) is 0 Å². The molecule has 0 aliphatic heterocycles. The van der Waals surface area contributed by atoms with E-state index in [0.29, 0.717) is 0 Å². The molecule has 0 spiro atoms. The summed E-state index contributed by atoms with van der Waals surface area (Å²) >= 11 is 0. The van der Waals surface area contributed by atoms with Crippen molar-refractivity contribution in [2.24, 2.45) is 5.92 Å². The molecule has 17 heavy (non-hydrogen) atoms. The molecule has 0 aromatic heterocycles. The van der Waals surface area contributed by atoms with E-state index in [1.54, 1.807) is 0 Å². The predicted octanol–water partition coefficient (Wildman–Crippen LogP) is 2.25. The van der Waals surface area contributed by atoms with E-state index in [-0.39, 0.29) is 0 Å². The maximum atomic E-state index is 12.2. The highest BCUT2D eigenvalue weighted by Gasteiger charge is 2.51. The average molecular weight is 266 g/mol. The first-order valence-electron chi connectivity index (χ1n) is 4.33. The molecule has 1 unspecified atom stereocenters. The van der Waals surface area contributed by atoms with Crippen LogP contribution in [0.15, 0.2) is 0 Å². The molecule has 0 aromatic carbocycles. The molecular formula is C8H8F6O3. The number of rotatable bonds is 4. The van der Waals surface area contributed by atoms with Crippen molar-refractivity contribution in [3.05, 3.63) is 0 Å². The number of esters is 1. The molecule has 0 rings (SSSR count). The molecule has 0 fully saturated rings. The van der Waals surface area contributed by atoms with Crippen molar-refractivity contribution < 1.29 is 40.7 Å². The normalized spacial score (nSPS) is 14.3. The number of halogens is 6. The van der Waals surface area contributed by atoms with Gasteiger partial charge in [-0.25, -0.2) is 0 Å². The van der Waals surface area contributed by atoms with Gasteiger partial charge in [0.1, 0.15) is 0 Å². The van der Waals surface area contributed by atoms with Gasteiger partial charge in [0.05, 0.1) is 6.61 Å². The molecule has 3 nitrogen and oxygen atoms in total. The van der Waals surface area contributed by atoms with Crippen LogP contribution in [0.5, 0.6) is 0 Å². The maximum absolute atomic E-state index is 12.2. The predicted molar refractivity (Wildman–Crippen MR) is 41.9 cm³/mol. The Morgan fingerprint density at radius 1 is 1.12 bits per heavy atom. The van der Waals surface area contributed by atoms with Gasteiger partial charge in [-0.05, 0) is 6.92 Å². The fourth-order valence-corrected chi connectivity index (χ4v) is 0.877. The van der Waals surface area contributed by atoms with Crippen LogP contribution in [-0.4, -0.2) is 30.7 Å². The highest BCUT2D eigenvalue weighted by atomic mass is 19.4. The number of hydrogen-bond donors (Lipinski definition) is 0. The van der Waals surface area contributed by atoms with E-state index in [1.165, 1.54) is 6.92 Å². The molecule has 1 atom stereocenters. The van der Waals surface area contributed by atoms with Crippen molar-refractivity contribution in [1.29, 1.82) is 0 Å².